The zero-order valence-corrected chi connectivity index (χ0v) is 16.8. The highest BCUT2D eigenvalue weighted by Crippen LogP contribution is 2.47. The van der Waals surface area contributed by atoms with Crippen LogP contribution in [0.25, 0.3) is 0 Å². The van der Waals surface area contributed by atoms with Crippen molar-refractivity contribution >= 4 is 5.91 Å². The van der Waals surface area contributed by atoms with Crippen LogP contribution in [-0.2, 0) is 10.2 Å². The lowest BCUT2D eigenvalue weighted by molar-refractivity contribution is -0.138. The summed E-state index contributed by atoms with van der Waals surface area (Å²) in [5.74, 6) is 3.06. The predicted octanol–water partition coefficient (Wildman–Crippen LogP) is 3.31. The first-order valence-corrected chi connectivity index (χ1v) is 10.0. The Morgan fingerprint density at radius 1 is 1.18 bits per heavy atom. The molecule has 0 unspecified atom stereocenters. The number of nitrogens with zero attached hydrogens (tertiary/aromatic N) is 3. The van der Waals surface area contributed by atoms with Crippen molar-refractivity contribution < 1.29 is 14.3 Å². The summed E-state index contributed by atoms with van der Waals surface area (Å²) in [5, 5.41) is 7.25. The molecule has 0 bridgehead atoms. The summed E-state index contributed by atoms with van der Waals surface area (Å²) in [6.45, 7) is 2.64. The number of carbonyl (C=O) groups is 1. The number of rotatable bonds is 5. The number of carbonyl (C=O) groups excluding carboxylic acids is 1. The number of hydrogen-bond donors (Lipinski definition) is 1. The minimum atomic E-state index is -0.506. The highest BCUT2D eigenvalue weighted by molar-refractivity contribution is 5.89. The van der Waals surface area contributed by atoms with Crippen LogP contribution in [0.1, 0.15) is 61.8 Å². The molecule has 1 aliphatic heterocycles. The number of aromatic amines is 1. The fraction of sp³-hybridized carbons (Fsp3) is 0.571. The van der Waals surface area contributed by atoms with Gasteiger partial charge in [0.1, 0.15) is 5.82 Å². The third-order valence-electron chi connectivity index (χ3n) is 6.23. The van der Waals surface area contributed by atoms with Gasteiger partial charge >= 0.3 is 0 Å². The zero-order valence-electron chi connectivity index (χ0n) is 16.8. The van der Waals surface area contributed by atoms with Crippen molar-refractivity contribution in [3.05, 3.63) is 35.4 Å². The van der Waals surface area contributed by atoms with Gasteiger partial charge in [0.15, 0.2) is 17.3 Å². The highest BCUT2D eigenvalue weighted by Gasteiger charge is 2.48. The van der Waals surface area contributed by atoms with Crippen molar-refractivity contribution in [2.24, 2.45) is 0 Å². The maximum Gasteiger partial charge on any atom is 0.233 e. The van der Waals surface area contributed by atoms with Crippen LogP contribution in [0.5, 0.6) is 11.5 Å². The lowest BCUT2D eigenvalue weighted by atomic mass is 9.77. The van der Waals surface area contributed by atoms with E-state index >= 15 is 0 Å². The Labute approximate surface area is 165 Å². The minimum absolute atomic E-state index is 0.0462. The standard InChI is InChI=1S/C21H28N4O3/c1-14-22-19(24-23-14)16-7-6-12-25(16)20(26)21(10-4-5-11-21)15-8-9-17(27-2)18(13-15)28-3/h8-9,13,16H,4-7,10-12H2,1-3H3,(H,22,23,24)/t16-/m0/s1. The van der Waals surface area contributed by atoms with Gasteiger partial charge in [-0.2, -0.15) is 5.10 Å². The molecule has 1 saturated heterocycles. The normalized spacial score (nSPS) is 21.1. The molecule has 4 rings (SSSR count). The molecule has 1 N–H and O–H groups in total. The van der Waals surface area contributed by atoms with Gasteiger partial charge < -0.3 is 14.4 Å². The fourth-order valence-electron chi connectivity index (χ4n) is 4.80. The van der Waals surface area contributed by atoms with Crippen LogP contribution in [0.4, 0.5) is 0 Å². The van der Waals surface area contributed by atoms with E-state index in [0.29, 0.717) is 11.5 Å². The van der Waals surface area contributed by atoms with Crippen LogP contribution in [0.15, 0.2) is 18.2 Å². The molecule has 28 heavy (non-hydrogen) atoms. The molecule has 1 aromatic heterocycles. The Morgan fingerprint density at radius 3 is 2.57 bits per heavy atom. The van der Waals surface area contributed by atoms with E-state index in [2.05, 4.69) is 15.2 Å². The molecule has 2 heterocycles. The summed E-state index contributed by atoms with van der Waals surface area (Å²) >= 11 is 0. The molecule has 2 aliphatic rings. The second-order valence-electron chi connectivity index (χ2n) is 7.79. The van der Waals surface area contributed by atoms with Gasteiger partial charge in [0.2, 0.25) is 5.91 Å². The fourth-order valence-corrected chi connectivity index (χ4v) is 4.80. The second-order valence-corrected chi connectivity index (χ2v) is 7.79. The van der Waals surface area contributed by atoms with Crippen LogP contribution >= 0.6 is 0 Å². The van der Waals surface area contributed by atoms with E-state index < -0.39 is 5.41 Å². The number of hydrogen-bond acceptors (Lipinski definition) is 5. The van der Waals surface area contributed by atoms with Crippen LogP contribution in [-0.4, -0.2) is 46.8 Å². The third kappa shape index (κ3) is 3.02. The number of aromatic nitrogens is 3. The number of ether oxygens (including phenoxy) is 2. The van der Waals surface area contributed by atoms with Crippen molar-refractivity contribution in [2.45, 2.75) is 56.9 Å². The van der Waals surface area contributed by atoms with Crippen molar-refractivity contribution in [1.29, 1.82) is 0 Å². The summed E-state index contributed by atoms with van der Waals surface area (Å²) in [4.78, 5) is 20.4. The summed E-state index contributed by atoms with van der Waals surface area (Å²) in [5.41, 5.74) is 0.512. The van der Waals surface area contributed by atoms with Gasteiger partial charge in [-0.3, -0.25) is 9.89 Å². The first-order valence-electron chi connectivity index (χ1n) is 10.0. The molecule has 2 fully saturated rings. The monoisotopic (exact) mass is 384 g/mol. The maximum absolute atomic E-state index is 13.9. The largest absolute Gasteiger partial charge is 0.493 e. The van der Waals surface area contributed by atoms with E-state index in [1.165, 1.54) is 0 Å². The third-order valence-corrected chi connectivity index (χ3v) is 6.23. The molecule has 7 heteroatoms. The molecule has 7 nitrogen and oxygen atoms in total. The average Bonchev–Trinajstić information content (AvgIpc) is 3.47. The topological polar surface area (TPSA) is 80.3 Å². The molecule has 150 valence electrons. The molecule has 1 aliphatic carbocycles. The second kappa shape index (κ2) is 7.45. The SMILES string of the molecule is COc1ccc(C2(C(=O)N3CCC[C@H]3c3n[nH]c(C)n3)CCCC2)cc1OC. The van der Waals surface area contributed by atoms with Crippen molar-refractivity contribution in [3.63, 3.8) is 0 Å². The Morgan fingerprint density at radius 2 is 1.93 bits per heavy atom. The lowest BCUT2D eigenvalue weighted by Crippen LogP contribution is -2.45. The van der Waals surface area contributed by atoms with Gasteiger partial charge in [-0.05, 0) is 50.3 Å². The van der Waals surface area contributed by atoms with Crippen LogP contribution in [0, 0.1) is 6.92 Å². The van der Waals surface area contributed by atoms with Gasteiger partial charge in [-0.1, -0.05) is 18.9 Å². The van der Waals surface area contributed by atoms with E-state index in [1.54, 1.807) is 14.2 Å². The lowest BCUT2D eigenvalue weighted by Gasteiger charge is -2.35. The van der Waals surface area contributed by atoms with Gasteiger partial charge in [0.05, 0.1) is 25.7 Å². The zero-order chi connectivity index (χ0) is 19.7. The smallest absolute Gasteiger partial charge is 0.233 e. The first-order chi connectivity index (χ1) is 13.6. The number of aryl methyl sites for hydroxylation is 1. The van der Waals surface area contributed by atoms with Crippen molar-refractivity contribution in [2.75, 3.05) is 20.8 Å². The van der Waals surface area contributed by atoms with Gasteiger partial charge in [-0.25, -0.2) is 4.98 Å². The van der Waals surface area contributed by atoms with E-state index in [4.69, 9.17) is 9.47 Å². The van der Waals surface area contributed by atoms with Gasteiger partial charge in [0, 0.05) is 6.54 Å². The molecule has 2 aromatic rings. The molecule has 0 radical (unpaired) electrons. The average molecular weight is 384 g/mol. The molecule has 1 amide bonds. The number of likely N-dealkylation sites (tertiary alicyclic amines) is 1. The summed E-state index contributed by atoms with van der Waals surface area (Å²) in [6.07, 6.45) is 5.71. The molecule has 1 saturated carbocycles. The minimum Gasteiger partial charge on any atom is -0.493 e. The van der Waals surface area contributed by atoms with Gasteiger partial charge in [0.25, 0.3) is 0 Å². The van der Waals surface area contributed by atoms with Crippen LogP contribution in [0.3, 0.4) is 0 Å². The molecule has 1 atom stereocenters. The number of amides is 1. The molecular formula is C21H28N4O3. The Kier molecular flexibility index (Phi) is 5.00. The van der Waals surface area contributed by atoms with Crippen LogP contribution < -0.4 is 9.47 Å². The number of H-pyrrole nitrogens is 1. The van der Waals surface area contributed by atoms with E-state index in [0.717, 1.165) is 62.3 Å². The van der Waals surface area contributed by atoms with Crippen molar-refractivity contribution in [3.8, 4) is 11.5 Å². The van der Waals surface area contributed by atoms with E-state index in [1.807, 2.05) is 30.0 Å². The van der Waals surface area contributed by atoms with Gasteiger partial charge in [-0.15, -0.1) is 0 Å². The Balaban J connectivity index is 1.70. The van der Waals surface area contributed by atoms with Crippen molar-refractivity contribution in [1.82, 2.24) is 20.1 Å². The summed E-state index contributed by atoms with van der Waals surface area (Å²) < 4.78 is 10.9. The van der Waals surface area contributed by atoms with E-state index in [-0.39, 0.29) is 11.9 Å². The summed E-state index contributed by atoms with van der Waals surface area (Å²) in [6, 6.07) is 5.85. The molecule has 0 spiro atoms. The predicted molar refractivity (Wildman–Crippen MR) is 104 cm³/mol. The first kappa shape index (κ1) is 18.8. The molecule has 1 aromatic carbocycles. The Bertz CT molecular complexity index is 857. The van der Waals surface area contributed by atoms with E-state index in [9.17, 15) is 4.79 Å². The maximum atomic E-state index is 13.9. The summed E-state index contributed by atoms with van der Waals surface area (Å²) in [7, 11) is 3.26. The number of methoxy groups -OCH3 is 2. The molecular weight excluding hydrogens is 356 g/mol. The quantitative estimate of drug-likeness (QED) is 0.855. The Hall–Kier alpha value is -2.57. The number of nitrogens with one attached hydrogen (secondary N) is 1. The van der Waals surface area contributed by atoms with Crippen LogP contribution in [0.2, 0.25) is 0 Å². The highest BCUT2D eigenvalue weighted by atomic mass is 16.5. The number of benzene rings is 1.